The van der Waals surface area contributed by atoms with Gasteiger partial charge in [-0.1, -0.05) is 88.7 Å². The van der Waals surface area contributed by atoms with Gasteiger partial charge in [0.15, 0.2) is 0 Å². The molecular formula is C18H42. The van der Waals surface area contributed by atoms with Crippen LogP contribution in [0.1, 0.15) is 89.0 Å². The topological polar surface area (TPSA) is 0 Å². The normalized spacial score (nSPS) is 10.9. The highest BCUT2D eigenvalue weighted by Crippen LogP contribution is 2.11. The van der Waals surface area contributed by atoms with Crippen molar-refractivity contribution in [2.24, 2.45) is 17.3 Å². The summed E-state index contributed by atoms with van der Waals surface area (Å²) >= 11 is 0. The molecule has 0 heterocycles. The van der Waals surface area contributed by atoms with Crippen molar-refractivity contribution < 1.29 is 0 Å². The Balaban J connectivity index is -0.0000000791. The van der Waals surface area contributed by atoms with Gasteiger partial charge in [-0.3, -0.25) is 0 Å². The maximum atomic E-state index is 3.48. The maximum absolute atomic E-state index is 3.48. The fourth-order valence-electron chi connectivity index (χ4n) is 0.471. The predicted octanol–water partition coefficient (Wildman–Crippen LogP) is 7.35. The van der Waals surface area contributed by atoms with E-state index in [1.54, 1.807) is 0 Å². The summed E-state index contributed by atoms with van der Waals surface area (Å²) in [6.07, 6.45) is 4.28. The average molecular weight is 259 g/mol. The van der Waals surface area contributed by atoms with Crippen LogP contribution < -0.4 is 0 Å². The van der Waals surface area contributed by atoms with Gasteiger partial charge in [-0.2, -0.15) is 0 Å². The van der Waals surface area contributed by atoms with Crippen LogP contribution in [0.15, 0.2) is 12.7 Å². The maximum Gasteiger partial charge on any atom is -0.0382 e. The van der Waals surface area contributed by atoms with Crippen LogP contribution in [0.4, 0.5) is 0 Å². The van der Waals surface area contributed by atoms with Gasteiger partial charge >= 0.3 is 0 Å². The van der Waals surface area contributed by atoms with Crippen LogP contribution in [-0.2, 0) is 0 Å². The molecule has 0 nitrogen and oxygen atoms in total. The van der Waals surface area contributed by atoms with Gasteiger partial charge in [0.05, 0.1) is 0 Å². The smallest absolute Gasteiger partial charge is 0.0382 e. The molecule has 0 aliphatic rings. The van der Waals surface area contributed by atoms with E-state index in [9.17, 15) is 0 Å². The summed E-state index contributed by atoms with van der Waals surface area (Å²) in [7, 11) is 0. The molecule has 18 heavy (non-hydrogen) atoms. The highest BCUT2D eigenvalue weighted by molar-refractivity contribution is 4.60. The molecule has 0 aromatic rings. The van der Waals surface area contributed by atoms with Gasteiger partial charge in [0.25, 0.3) is 0 Å². The Morgan fingerprint density at radius 3 is 1.17 bits per heavy atom. The van der Waals surface area contributed by atoms with Crippen LogP contribution in [0.3, 0.4) is 0 Å². The fourth-order valence-corrected chi connectivity index (χ4v) is 0.471. The molecule has 0 spiro atoms. The Morgan fingerprint density at radius 2 is 1.17 bits per heavy atom. The second-order valence-corrected chi connectivity index (χ2v) is 6.33. The van der Waals surface area contributed by atoms with Crippen molar-refractivity contribution in [1.82, 2.24) is 0 Å². The number of allylic oxidation sites excluding steroid dienone is 1. The molecule has 0 radical (unpaired) electrons. The summed E-state index contributed by atoms with van der Waals surface area (Å²) in [6.45, 7) is 27.4. The van der Waals surface area contributed by atoms with Crippen molar-refractivity contribution in [3.8, 4) is 0 Å². The molecule has 0 heteroatoms. The molecule has 0 saturated heterocycles. The Bertz CT molecular complexity index is 119. The number of rotatable bonds is 3. The zero-order chi connectivity index (χ0) is 15.8. The summed E-state index contributed by atoms with van der Waals surface area (Å²) in [5.74, 6) is 1.77. The van der Waals surface area contributed by atoms with Crippen LogP contribution in [0.25, 0.3) is 0 Å². The van der Waals surface area contributed by atoms with Crippen LogP contribution in [-0.4, -0.2) is 0 Å². The third-order valence-corrected chi connectivity index (χ3v) is 2.07. The summed E-state index contributed by atoms with van der Waals surface area (Å²) in [5.41, 5.74) is 0.500. The van der Waals surface area contributed by atoms with E-state index in [1.165, 1.54) is 6.42 Å². The van der Waals surface area contributed by atoms with Crippen LogP contribution in [0.2, 0.25) is 0 Å². The van der Waals surface area contributed by atoms with E-state index in [0.717, 1.165) is 18.3 Å². The second-order valence-electron chi connectivity index (χ2n) is 6.33. The molecule has 0 aliphatic carbocycles. The van der Waals surface area contributed by atoms with E-state index in [0.29, 0.717) is 5.41 Å². The van der Waals surface area contributed by atoms with Gasteiger partial charge in [-0.05, 0) is 23.7 Å². The largest absolute Gasteiger partial charge is 0.103 e. The predicted molar refractivity (Wildman–Crippen MR) is 91.3 cm³/mol. The third kappa shape index (κ3) is 75.3. The van der Waals surface area contributed by atoms with Crippen LogP contribution >= 0.6 is 0 Å². The average Bonchev–Trinajstić information content (AvgIpc) is 2.28. The minimum atomic E-state index is 0.500. The summed E-state index contributed by atoms with van der Waals surface area (Å²) in [5, 5.41) is 0. The van der Waals surface area contributed by atoms with E-state index in [-0.39, 0.29) is 0 Å². The first-order chi connectivity index (χ1) is 8.09. The summed E-state index contributed by atoms with van der Waals surface area (Å²) in [6, 6.07) is 0. The molecule has 0 amide bonds. The Labute approximate surface area is 119 Å². The van der Waals surface area contributed by atoms with Gasteiger partial charge in [0.2, 0.25) is 0 Å². The molecule has 0 aromatic carbocycles. The first kappa shape index (κ1) is 26.3. The molecule has 1 unspecified atom stereocenters. The van der Waals surface area contributed by atoms with E-state index in [4.69, 9.17) is 0 Å². The van der Waals surface area contributed by atoms with Crippen molar-refractivity contribution in [1.29, 1.82) is 0 Å². The highest BCUT2D eigenvalue weighted by Gasteiger charge is 2.01. The van der Waals surface area contributed by atoms with Crippen molar-refractivity contribution in [3.63, 3.8) is 0 Å². The number of hydrogen-bond donors (Lipinski definition) is 0. The first-order valence-electron chi connectivity index (χ1n) is 7.70. The molecule has 1 atom stereocenters. The minimum Gasteiger partial charge on any atom is -0.103 e. The summed E-state index contributed by atoms with van der Waals surface area (Å²) in [4.78, 5) is 0. The standard InChI is InChI=1S/C7H16.C5H12.C4H8.C2H6/c1-5-7(4)6(2)3;1-5(2,3)4;1-3-4-2;1-2/h6-7H,5H2,1-4H3;1-4H3;3H,1,4H2,2H3;1-2H3. The molecule has 0 aromatic heterocycles. The fraction of sp³-hybridized carbons (Fsp3) is 0.889. The molecule has 0 N–H and O–H groups in total. The Morgan fingerprint density at radius 1 is 0.944 bits per heavy atom. The van der Waals surface area contributed by atoms with E-state index in [2.05, 4.69) is 68.9 Å². The van der Waals surface area contributed by atoms with Gasteiger partial charge < -0.3 is 0 Å². The molecule has 0 saturated carbocycles. The molecule has 0 bridgehead atoms. The third-order valence-electron chi connectivity index (χ3n) is 2.07. The van der Waals surface area contributed by atoms with Gasteiger partial charge in [0, 0.05) is 0 Å². The summed E-state index contributed by atoms with van der Waals surface area (Å²) < 4.78 is 0. The monoisotopic (exact) mass is 258 g/mol. The molecule has 0 aliphatic heterocycles. The molecule has 0 rings (SSSR count). The number of hydrogen-bond acceptors (Lipinski definition) is 0. The van der Waals surface area contributed by atoms with Crippen molar-refractivity contribution in [3.05, 3.63) is 12.7 Å². The lowest BCUT2D eigenvalue weighted by Crippen LogP contribution is -2.00. The zero-order valence-electron chi connectivity index (χ0n) is 15.4. The molecule has 114 valence electrons. The quantitative estimate of drug-likeness (QED) is 0.464. The second kappa shape index (κ2) is 19.1. The van der Waals surface area contributed by atoms with Gasteiger partial charge in [-0.25, -0.2) is 0 Å². The lowest BCUT2D eigenvalue weighted by molar-refractivity contribution is 0.407. The van der Waals surface area contributed by atoms with Crippen molar-refractivity contribution in [2.45, 2.75) is 89.0 Å². The lowest BCUT2D eigenvalue weighted by Gasteiger charge is -2.10. The lowest BCUT2D eigenvalue weighted by atomic mass is 9.96. The van der Waals surface area contributed by atoms with Gasteiger partial charge in [-0.15, -0.1) is 6.58 Å². The van der Waals surface area contributed by atoms with Crippen LogP contribution in [0, 0.1) is 17.3 Å². The Kier molecular flexibility index (Phi) is 27.9. The van der Waals surface area contributed by atoms with Crippen LogP contribution in [0.5, 0.6) is 0 Å². The van der Waals surface area contributed by atoms with Crippen molar-refractivity contribution in [2.75, 3.05) is 0 Å². The van der Waals surface area contributed by atoms with Crippen molar-refractivity contribution >= 4 is 0 Å². The van der Waals surface area contributed by atoms with E-state index < -0.39 is 0 Å². The molecule has 0 fully saturated rings. The van der Waals surface area contributed by atoms with E-state index >= 15 is 0 Å². The van der Waals surface area contributed by atoms with Gasteiger partial charge in [0.1, 0.15) is 0 Å². The SMILES string of the molecule is C=CCC.CC.CC(C)(C)C.CCC(C)C(C)C. The first-order valence-corrected chi connectivity index (χ1v) is 7.70. The minimum absolute atomic E-state index is 0.500. The Hall–Kier alpha value is -0.260. The zero-order valence-corrected chi connectivity index (χ0v) is 15.4. The van der Waals surface area contributed by atoms with E-state index in [1.807, 2.05) is 19.9 Å². The highest BCUT2D eigenvalue weighted by atomic mass is 14.1. The molecular weight excluding hydrogens is 216 g/mol.